The van der Waals surface area contributed by atoms with Crippen molar-refractivity contribution in [3.63, 3.8) is 0 Å². The maximum Gasteiger partial charge on any atom is 0.417 e. The number of phenolic OH excluding ortho intramolecular Hbond substituents is 1. The summed E-state index contributed by atoms with van der Waals surface area (Å²) in [5.41, 5.74) is -3.51. The molecule has 21 nitrogen and oxygen atoms in total. The van der Waals surface area contributed by atoms with Gasteiger partial charge in [0.25, 0.3) is 16.7 Å². The number of halogens is 17. The summed E-state index contributed by atoms with van der Waals surface area (Å²) in [6.45, 7) is 4.48. The summed E-state index contributed by atoms with van der Waals surface area (Å²) in [5, 5.41) is 9.01. The van der Waals surface area contributed by atoms with Gasteiger partial charge in [0.05, 0.1) is 51.4 Å². The van der Waals surface area contributed by atoms with Crippen LogP contribution in [0.5, 0.6) is 29.3 Å². The summed E-state index contributed by atoms with van der Waals surface area (Å²) in [6, 6.07) is 29.2. The number of hydrogen-bond donors (Lipinski definition) is 3. The van der Waals surface area contributed by atoms with Crippen molar-refractivity contribution in [2.75, 3.05) is 4.43 Å². The Morgan fingerprint density at radius 3 is 1.18 bits per heavy atom. The van der Waals surface area contributed by atoms with Crippen LogP contribution in [0.4, 0.5) is 39.5 Å². The van der Waals surface area contributed by atoms with Gasteiger partial charge in [-0.25, -0.2) is 19.4 Å². The van der Waals surface area contributed by atoms with E-state index in [1.54, 1.807) is 79.2 Å². The number of hydrogen-bond acceptors (Lipinski definition) is 12. The van der Waals surface area contributed by atoms with Gasteiger partial charge in [0, 0.05) is 42.8 Å². The van der Waals surface area contributed by atoms with Gasteiger partial charge in [-0.1, -0.05) is 136 Å². The third kappa shape index (κ3) is 18.6. The number of ether oxygens (including phenoxy) is 2. The quantitative estimate of drug-likeness (QED) is 0.0474. The molecule has 12 aromatic rings. The molecule has 12 rings (SSSR count). The molecule has 0 atom stereocenters. The third-order valence-corrected chi connectivity index (χ3v) is 16.7. The number of H-pyrrole nitrogens is 2. The second-order valence-corrected chi connectivity index (χ2v) is 26.0. The minimum absolute atomic E-state index is 0.00715. The number of aromatic nitrogens is 12. The lowest BCUT2D eigenvalue weighted by Crippen LogP contribution is -2.39. The van der Waals surface area contributed by atoms with Gasteiger partial charge in [0.1, 0.15) is 17.2 Å². The fraction of sp³-hybridized carbons (Fsp3) is 0.203. The molecule has 38 heteroatoms. The Bertz CT molecular complexity index is 5470. The molecular weight excluding hydrogens is 1670 g/mol. The summed E-state index contributed by atoms with van der Waals surface area (Å²) in [4.78, 5) is 91.1. The van der Waals surface area contributed by atoms with Crippen molar-refractivity contribution in [2.24, 2.45) is 21.1 Å². The number of nitrogens with one attached hydrogen (secondary N) is 2. The molecule has 6 heterocycles. The van der Waals surface area contributed by atoms with Crippen LogP contribution in [-0.2, 0) is 65.9 Å². The largest absolute Gasteiger partial charge is 0.508 e. The van der Waals surface area contributed by atoms with Crippen molar-refractivity contribution < 1.29 is 54.1 Å². The number of alkyl halides is 10. The molecule has 538 valence electrons. The molecule has 0 radical (unpaired) electrons. The average Bonchev–Trinajstić information content (AvgIpc) is 1.60. The summed E-state index contributed by atoms with van der Waals surface area (Å²) in [6.07, 6.45) is -13.9. The van der Waals surface area contributed by atoms with Crippen LogP contribution in [0, 0.1) is 0 Å². The van der Waals surface area contributed by atoms with Crippen LogP contribution in [0.15, 0.2) is 161 Å². The zero-order chi connectivity index (χ0) is 75.2. The van der Waals surface area contributed by atoms with E-state index in [-0.39, 0.29) is 65.5 Å². The van der Waals surface area contributed by atoms with E-state index in [1.807, 2.05) is 12.1 Å². The van der Waals surface area contributed by atoms with Gasteiger partial charge in [0.15, 0.2) is 38.2 Å². The molecule has 0 saturated carbocycles. The fourth-order valence-corrected chi connectivity index (χ4v) is 11.0. The highest BCUT2D eigenvalue weighted by molar-refractivity contribution is 14.1. The number of aromatic amines is 2. The van der Waals surface area contributed by atoms with Gasteiger partial charge in [-0.3, -0.25) is 51.8 Å². The van der Waals surface area contributed by atoms with Gasteiger partial charge in [-0.05, 0) is 135 Å². The van der Waals surface area contributed by atoms with Crippen molar-refractivity contribution in [1.29, 1.82) is 0 Å². The van der Waals surface area contributed by atoms with E-state index in [0.29, 0.717) is 49.1 Å². The molecule has 0 amide bonds. The number of aromatic hydroxyl groups is 1. The molecule has 0 saturated heterocycles. The molecule has 6 aromatic heterocycles. The molecule has 0 aliphatic rings. The van der Waals surface area contributed by atoms with Crippen LogP contribution in [0.1, 0.15) is 47.2 Å². The van der Waals surface area contributed by atoms with Crippen LogP contribution in [0.25, 0.3) is 33.5 Å². The molecule has 0 fully saturated rings. The van der Waals surface area contributed by atoms with Gasteiger partial charge < -0.3 is 19.1 Å². The molecule has 102 heavy (non-hydrogen) atoms. The molecule has 0 bridgehead atoms. The standard InChI is InChI=1S/C22H17Cl2F3N4O3.C20H13Cl2F3N4O3.C13H10BrClN4O2.C7H4ClF3O.C2H5I/c1-3-30-19(32)17-18(29(2)21(30)33)28-20(31(17)11-12-4-6-13(23)7-5-12)34-14-8-9-16(24)15(10-14)22(25,26)27;1-28-16-15(17(30)27-18(28)31)29(9-10-2-4-11(21)5-3-10)19(26-16)32-12-6-7-14(22)13(8-12)20(23,24)25;1-18-10-9(11(20)17-13(18)21)19(12(14)16-10)6-7-2-4-8(15)5-3-7;8-6-2-1-4(12)3-5(6)7(9,10)11;1-2-3/h4-10H,3,11H2,1-2H3;2-8H,9H2,1H3,(H,27,30,31);2-5H,6H2,1H3,(H,17,20,21);1-3,12H;2H2,1H3. The van der Waals surface area contributed by atoms with E-state index >= 15 is 0 Å². The Labute approximate surface area is 619 Å². The first-order valence-corrected chi connectivity index (χ1v) is 33.6. The maximum absolute atomic E-state index is 13.3. The number of imidazole rings is 3. The van der Waals surface area contributed by atoms with Crippen molar-refractivity contribution in [3.8, 4) is 29.3 Å². The van der Waals surface area contributed by atoms with Crippen molar-refractivity contribution >= 4 is 142 Å². The van der Waals surface area contributed by atoms with Crippen LogP contribution in [0.2, 0.25) is 30.1 Å². The van der Waals surface area contributed by atoms with E-state index in [2.05, 4.69) is 70.4 Å². The lowest BCUT2D eigenvalue weighted by atomic mass is 10.2. The average molecular weight is 1720 g/mol. The Morgan fingerprint density at radius 2 is 0.804 bits per heavy atom. The fourth-order valence-electron chi connectivity index (χ4n) is 9.48. The normalized spacial score (nSPS) is 11.5. The monoisotopic (exact) mass is 1720 g/mol. The molecule has 6 aromatic carbocycles. The molecule has 0 unspecified atom stereocenters. The number of benzene rings is 6. The maximum atomic E-state index is 13.3. The second kappa shape index (κ2) is 32.9. The second-order valence-electron chi connectivity index (χ2n) is 21.3. The van der Waals surface area contributed by atoms with Crippen molar-refractivity contribution in [1.82, 2.24) is 56.9 Å². The first-order chi connectivity index (χ1) is 47.8. The van der Waals surface area contributed by atoms with Crippen LogP contribution in [0.3, 0.4) is 0 Å². The van der Waals surface area contributed by atoms with Gasteiger partial charge in [0.2, 0.25) is 0 Å². The van der Waals surface area contributed by atoms with E-state index in [1.165, 1.54) is 48.9 Å². The smallest absolute Gasteiger partial charge is 0.417 e. The third-order valence-electron chi connectivity index (χ3n) is 14.4. The molecule has 0 spiro atoms. The minimum Gasteiger partial charge on any atom is -0.508 e. The summed E-state index contributed by atoms with van der Waals surface area (Å²) >= 11 is 40.0. The zero-order valence-electron chi connectivity index (χ0n) is 52.8. The predicted molar refractivity (Wildman–Crippen MR) is 381 cm³/mol. The van der Waals surface area contributed by atoms with E-state index in [0.717, 1.165) is 56.7 Å². The molecule has 0 aliphatic carbocycles. The van der Waals surface area contributed by atoms with Crippen molar-refractivity contribution in [2.45, 2.75) is 58.6 Å². The summed E-state index contributed by atoms with van der Waals surface area (Å²) in [7, 11) is 4.41. The summed E-state index contributed by atoms with van der Waals surface area (Å²) in [5.74, 6) is -0.840. The Hall–Kier alpha value is -8.51. The Kier molecular flexibility index (Phi) is 25.5. The molecule has 0 aliphatic heterocycles. The Balaban J connectivity index is 0.000000179. The number of phenols is 1. The topological polar surface area (TPSA) is 246 Å². The van der Waals surface area contributed by atoms with E-state index < -0.39 is 89.8 Å². The first-order valence-electron chi connectivity index (χ1n) is 29.0. The number of rotatable bonds is 11. The SMILES string of the molecule is CCI.CCn1c(=O)c2c(nc(Oc3ccc(Cl)c(C(F)(F)F)c3)n2Cc2ccc(Cl)cc2)n(C)c1=O.Cn1c(=O)[nH]c(=O)c2c1nc(Br)n2Cc1ccc(Cl)cc1.Cn1c(=O)[nH]c(=O)c2c1nc(Oc1ccc(Cl)c(C(F)(F)F)c1)n2Cc1ccc(Cl)cc1.Oc1ccc(Cl)c(C(F)(F)F)c1. The van der Waals surface area contributed by atoms with E-state index in [9.17, 15) is 68.3 Å². The van der Waals surface area contributed by atoms with Gasteiger partial charge >= 0.3 is 47.6 Å². The Morgan fingerprint density at radius 1 is 0.471 bits per heavy atom. The van der Waals surface area contributed by atoms with Crippen LogP contribution < -0.4 is 43.2 Å². The number of fused-ring (bicyclic) bond motifs is 3. The van der Waals surface area contributed by atoms with E-state index in [4.69, 9.17) is 84.2 Å². The van der Waals surface area contributed by atoms with Gasteiger partial charge in [-0.2, -0.15) is 49.5 Å². The lowest BCUT2D eigenvalue weighted by Gasteiger charge is -2.13. The lowest BCUT2D eigenvalue weighted by molar-refractivity contribution is -0.138. The van der Waals surface area contributed by atoms with Crippen LogP contribution in [-0.4, -0.2) is 66.4 Å². The highest BCUT2D eigenvalue weighted by Crippen LogP contribution is 2.41. The van der Waals surface area contributed by atoms with Crippen molar-refractivity contribution in [3.05, 3.63) is 258 Å². The van der Waals surface area contributed by atoms with Crippen LogP contribution >= 0.6 is 108 Å². The van der Waals surface area contributed by atoms with Gasteiger partial charge in [-0.15, -0.1) is 0 Å². The minimum atomic E-state index is -4.70. The molecular formula is C64H49BrCl6F9IN12O9. The number of aryl methyl sites for hydroxylation is 3. The highest BCUT2D eigenvalue weighted by Gasteiger charge is 2.36. The summed E-state index contributed by atoms with van der Waals surface area (Å²) < 4.78 is 138. The highest BCUT2D eigenvalue weighted by atomic mass is 127. The zero-order valence-corrected chi connectivity index (χ0v) is 61.0. The first kappa shape index (κ1) is 79.2. The molecule has 3 N–H and O–H groups in total. The predicted octanol–water partition coefficient (Wildman–Crippen LogP) is 16.1. The number of nitrogens with zero attached hydrogens (tertiary/aromatic N) is 10.